The quantitative estimate of drug-likeness (QED) is 0.614. The van der Waals surface area contributed by atoms with Crippen LogP contribution in [0.4, 0.5) is 0 Å². The Labute approximate surface area is 86.4 Å². The summed E-state index contributed by atoms with van der Waals surface area (Å²) in [5, 5.41) is 0. The van der Waals surface area contributed by atoms with Gasteiger partial charge in [0.1, 0.15) is 0 Å². The zero-order chi connectivity index (χ0) is 10.7. The van der Waals surface area contributed by atoms with E-state index in [-0.39, 0.29) is 5.91 Å². The lowest BCUT2D eigenvalue weighted by Gasteiger charge is -2.41. The van der Waals surface area contributed by atoms with Gasteiger partial charge in [0.2, 0.25) is 5.91 Å². The summed E-state index contributed by atoms with van der Waals surface area (Å²) < 4.78 is 0. The molecule has 1 fully saturated rings. The van der Waals surface area contributed by atoms with Gasteiger partial charge >= 0.3 is 0 Å². The number of hydrogen-bond donors (Lipinski definition) is 0. The van der Waals surface area contributed by atoms with Crippen LogP contribution in [0, 0.1) is 5.92 Å². The summed E-state index contributed by atoms with van der Waals surface area (Å²) in [5.74, 6) is 0.568. The van der Waals surface area contributed by atoms with E-state index in [2.05, 4.69) is 32.4 Å². The number of amides is 1. The van der Waals surface area contributed by atoms with Crippen molar-refractivity contribution in [1.29, 1.82) is 0 Å². The van der Waals surface area contributed by atoms with Gasteiger partial charge in [-0.3, -0.25) is 4.79 Å². The number of hydrogen-bond acceptors (Lipinski definition) is 2. The highest BCUT2D eigenvalue weighted by molar-refractivity contribution is 5.87. The van der Waals surface area contributed by atoms with E-state index in [1.165, 1.54) is 6.08 Å². The number of carbonyl (C=O) groups excluding carboxylic acids is 1. The first-order valence-electron chi connectivity index (χ1n) is 5.18. The largest absolute Gasteiger partial charge is 0.333 e. The lowest BCUT2D eigenvalue weighted by atomic mass is 10.00. The maximum Gasteiger partial charge on any atom is 0.246 e. The third kappa shape index (κ3) is 2.35. The van der Waals surface area contributed by atoms with Crippen molar-refractivity contribution in [3.05, 3.63) is 12.7 Å². The van der Waals surface area contributed by atoms with Crippen molar-refractivity contribution in [3.8, 4) is 0 Å². The third-order valence-electron chi connectivity index (χ3n) is 2.85. The van der Waals surface area contributed by atoms with E-state index in [9.17, 15) is 4.79 Å². The summed E-state index contributed by atoms with van der Waals surface area (Å²) in [5.41, 5.74) is 0. The number of piperazine rings is 1. The Hall–Kier alpha value is -0.830. The van der Waals surface area contributed by atoms with Crippen molar-refractivity contribution in [2.45, 2.75) is 19.9 Å². The Bertz CT molecular complexity index is 225. The summed E-state index contributed by atoms with van der Waals surface area (Å²) in [6.07, 6.45) is 1.42. The smallest absolute Gasteiger partial charge is 0.246 e. The molecule has 1 aliphatic rings. The van der Waals surface area contributed by atoms with E-state index in [0.29, 0.717) is 12.0 Å². The zero-order valence-electron chi connectivity index (χ0n) is 9.36. The fraction of sp³-hybridized carbons (Fsp3) is 0.727. The summed E-state index contributed by atoms with van der Waals surface area (Å²) >= 11 is 0. The average molecular weight is 196 g/mol. The molecule has 0 bridgehead atoms. The van der Waals surface area contributed by atoms with E-state index in [0.717, 1.165) is 19.6 Å². The first kappa shape index (κ1) is 11.2. The van der Waals surface area contributed by atoms with Gasteiger partial charge in [0, 0.05) is 25.7 Å². The molecule has 0 N–H and O–H groups in total. The lowest BCUT2D eigenvalue weighted by Crippen LogP contribution is -2.55. The number of rotatable bonds is 2. The average Bonchev–Trinajstić information content (AvgIpc) is 2.16. The Kier molecular flexibility index (Phi) is 3.69. The Balaban J connectivity index is 2.72. The number of nitrogens with zero attached hydrogens (tertiary/aromatic N) is 2. The predicted octanol–water partition coefficient (Wildman–Crippen LogP) is 0.971. The molecule has 1 atom stereocenters. The van der Waals surface area contributed by atoms with Crippen LogP contribution in [0.3, 0.4) is 0 Å². The summed E-state index contributed by atoms with van der Waals surface area (Å²) in [6.45, 7) is 10.6. The highest BCUT2D eigenvalue weighted by atomic mass is 16.2. The number of likely N-dealkylation sites (N-methyl/N-ethyl adjacent to an activating group) is 1. The topological polar surface area (TPSA) is 23.6 Å². The Morgan fingerprint density at radius 2 is 2.14 bits per heavy atom. The maximum atomic E-state index is 11.6. The van der Waals surface area contributed by atoms with Crippen molar-refractivity contribution >= 4 is 5.91 Å². The molecule has 1 unspecified atom stereocenters. The Morgan fingerprint density at radius 3 is 2.64 bits per heavy atom. The second kappa shape index (κ2) is 4.60. The molecule has 0 aromatic carbocycles. The van der Waals surface area contributed by atoms with Gasteiger partial charge < -0.3 is 9.80 Å². The van der Waals surface area contributed by atoms with Gasteiger partial charge in [-0.1, -0.05) is 20.4 Å². The molecule has 3 heteroatoms. The van der Waals surface area contributed by atoms with Crippen molar-refractivity contribution in [3.63, 3.8) is 0 Å². The molecular weight excluding hydrogens is 176 g/mol. The SMILES string of the molecule is C=CC(=O)N1CCN(C)CC1C(C)C. The van der Waals surface area contributed by atoms with E-state index in [4.69, 9.17) is 0 Å². The van der Waals surface area contributed by atoms with Gasteiger partial charge in [-0.05, 0) is 19.0 Å². The normalized spacial score (nSPS) is 24.0. The molecule has 3 nitrogen and oxygen atoms in total. The molecule has 80 valence electrons. The fourth-order valence-electron chi connectivity index (χ4n) is 1.92. The summed E-state index contributed by atoms with van der Waals surface area (Å²) in [7, 11) is 2.10. The number of carbonyl (C=O) groups is 1. The van der Waals surface area contributed by atoms with E-state index >= 15 is 0 Å². The van der Waals surface area contributed by atoms with Crippen LogP contribution in [-0.2, 0) is 4.79 Å². The molecule has 1 aliphatic heterocycles. The van der Waals surface area contributed by atoms with Crippen LogP contribution in [0.25, 0.3) is 0 Å². The second-order valence-electron chi connectivity index (χ2n) is 4.31. The zero-order valence-corrected chi connectivity index (χ0v) is 9.36. The fourth-order valence-corrected chi connectivity index (χ4v) is 1.92. The van der Waals surface area contributed by atoms with Crippen LogP contribution in [0.2, 0.25) is 0 Å². The van der Waals surface area contributed by atoms with Crippen LogP contribution >= 0.6 is 0 Å². The van der Waals surface area contributed by atoms with Crippen molar-refractivity contribution in [2.24, 2.45) is 5.92 Å². The summed E-state index contributed by atoms with van der Waals surface area (Å²) in [4.78, 5) is 15.8. The van der Waals surface area contributed by atoms with Crippen LogP contribution in [0.5, 0.6) is 0 Å². The Morgan fingerprint density at radius 1 is 1.50 bits per heavy atom. The molecule has 14 heavy (non-hydrogen) atoms. The first-order chi connectivity index (χ1) is 6.56. The van der Waals surface area contributed by atoms with Gasteiger partial charge in [0.05, 0.1) is 0 Å². The molecule has 0 saturated carbocycles. The van der Waals surface area contributed by atoms with Crippen LogP contribution in [-0.4, -0.2) is 48.4 Å². The molecule has 0 aromatic rings. The van der Waals surface area contributed by atoms with Gasteiger partial charge in [0.25, 0.3) is 0 Å². The standard InChI is InChI=1S/C11H20N2O/c1-5-11(14)13-7-6-12(4)8-10(13)9(2)3/h5,9-10H,1,6-8H2,2-4H3. The van der Waals surface area contributed by atoms with Crippen LogP contribution < -0.4 is 0 Å². The molecule has 1 amide bonds. The van der Waals surface area contributed by atoms with E-state index in [1.807, 2.05) is 4.90 Å². The molecule has 1 rings (SSSR count). The molecule has 0 radical (unpaired) electrons. The molecule has 0 spiro atoms. The van der Waals surface area contributed by atoms with E-state index in [1.54, 1.807) is 0 Å². The second-order valence-corrected chi connectivity index (χ2v) is 4.31. The minimum atomic E-state index is 0.0665. The van der Waals surface area contributed by atoms with Crippen molar-refractivity contribution in [2.75, 3.05) is 26.7 Å². The lowest BCUT2D eigenvalue weighted by molar-refractivity contribution is -0.131. The molecule has 1 saturated heterocycles. The van der Waals surface area contributed by atoms with Gasteiger partial charge in [0.15, 0.2) is 0 Å². The minimum Gasteiger partial charge on any atom is -0.333 e. The predicted molar refractivity (Wildman–Crippen MR) is 58.0 cm³/mol. The first-order valence-corrected chi connectivity index (χ1v) is 5.18. The van der Waals surface area contributed by atoms with Crippen molar-refractivity contribution in [1.82, 2.24) is 9.80 Å². The third-order valence-corrected chi connectivity index (χ3v) is 2.85. The maximum absolute atomic E-state index is 11.6. The van der Waals surface area contributed by atoms with Gasteiger partial charge in [-0.25, -0.2) is 0 Å². The van der Waals surface area contributed by atoms with Crippen LogP contribution in [0.15, 0.2) is 12.7 Å². The van der Waals surface area contributed by atoms with E-state index < -0.39 is 0 Å². The molecular formula is C11H20N2O. The molecule has 0 aliphatic carbocycles. The van der Waals surface area contributed by atoms with Gasteiger partial charge in [-0.2, -0.15) is 0 Å². The monoisotopic (exact) mass is 196 g/mol. The molecule has 0 aromatic heterocycles. The molecule has 1 heterocycles. The minimum absolute atomic E-state index is 0.0665. The highest BCUT2D eigenvalue weighted by Crippen LogP contribution is 2.16. The van der Waals surface area contributed by atoms with Crippen LogP contribution in [0.1, 0.15) is 13.8 Å². The summed E-state index contributed by atoms with van der Waals surface area (Å²) in [6, 6.07) is 0.333. The van der Waals surface area contributed by atoms with Crippen molar-refractivity contribution < 1.29 is 4.79 Å². The van der Waals surface area contributed by atoms with Gasteiger partial charge in [-0.15, -0.1) is 0 Å². The highest BCUT2D eigenvalue weighted by Gasteiger charge is 2.29.